The molecule has 3 N–H and O–H groups in total. The summed E-state index contributed by atoms with van der Waals surface area (Å²) in [5.74, 6) is 0.354. The minimum absolute atomic E-state index is 0.0122. The molecule has 1 aliphatic rings. The molecule has 1 aromatic carbocycles. The number of hydrogen-bond donors (Lipinski definition) is 2. The molecule has 0 saturated carbocycles. The Labute approximate surface area is 125 Å². The maximum atomic E-state index is 12.8. The van der Waals surface area contributed by atoms with Crippen LogP contribution in [0.5, 0.6) is 5.75 Å². The van der Waals surface area contributed by atoms with E-state index in [1.54, 1.807) is 0 Å². The number of aliphatic hydroxyl groups excluding tert-OH is 1. The molecular weight excluding hydrogens is 292 g/mol. The lowest BCUT2D eigenvalue weighted by molar-refractivity contribution is 0.192. The number of nitrogens with zero attached hydrogens (tertiary/aromatic N) is 1. The first kappa shape index (κ1) is 16.1. The Morgan fingerprint density at radius 3 is 2.86 bits per heavy atom. The van der Waals surface area contributed by atoms with Crippen molar-refractivity contribution >= 4 is 15.7 Å². The summed E-state index contributed by atoms with van der Waals surface area (Å²) in [7, 11) is -2.14. The normalized spacial score (nSPS) is 20.4. The van der Waals surface area contributed by atoms with E-state index >= 15 is 0 Å². The SMILES string of the molecule is COc1cc(S(=O)(=O)N2CCCCC2CCO)ccc1N. The van der Waals surface area contributed by atoms with Crippen LogP contribution < -0.4 is 10.5 Å². The fourth-order valence-electron chi connectivity index (χ4n) is 2.72. The second kappa shape index (κ2) is 6.64. The summed E-state index contributed by atoms with van der Waals surface area (Å²) in [6.07, 6.45) is 3.08. The number of piperidine rings is 1. The van der Waals surface area contributed by atoms with Crippen molar-refractivity contribution in [2.45, 2.75) is 36.6 Å². The predicted octanol–water partition coefficient (Wildman–Crippen LogP) is 1.20. The molecule has 1 unspecified atom stereocenters. The van der Waals surface area contributed by atoms with Gasteiger partial charge in [-0.15, -0.1) is 0 Å². The van der Waals surface area contributed by atoms with Crippen molar-refractivity contribution in [2.75, 3.05) is 26.0 Å². The average molecular weight is 314 g/mol. The molecule has 1 atom stereocenters. The van der Waals surface area contributed by atoms with Crippen LogP contribution in [0.15, 0.2) is 23.1 Å². The number of methoxy groups -OCH3 is 1. The van der Waals surface area contributed by atoms with Gasteiger partial charge in [-0.2, -0.15) is 4.31 Å². The summed E-state index contributed by atoms with van der Waals surface area (Å²) in [5, 5.41) is 9.13. The van der Waals surface area contributed by atoms with Crippen molar-refractivity contribution in [1.29, 1.82) is 0 Å². The van der Waals surface area contributed by atoms with E-state index in [0.717, 1.165) is 19.3 Å². The van der Waals surface area contributed by atoms with Crippen LogP contribution in [0.1, 0.15) is 25.7 Å². The average Bonchev–Trinajstić information content (AvgIpc) is 2.48. The summed E-state index contributed by atoms with van der Waals surface area (Å²) in [5.41, 5.74) is 6.13. The summed E-state index contributed by atoms with van der Waals surface area (Å²) in [4.78, 5) is 0.179. The van der Waals surface area contributed by atoms with Gasteiger partial charge in [0.1, 0.15) is 5.75 Å². The highest BCUT2D eigenvalue weighted by atomic mass is 32.2. The van der Waals surface area contributed by atoms with Crippen LogP contribution >= 0.6 is 0 Å². The van der Waals surface area contributed by atoms with Gasteiger partial charge in [0.15, 0.2) is 0 Å². The third-order valence-electron chi connectivity index (χ3n) is 3.85. The van der Waals surface area contributed by atoms with E-state index < -0.39 is 10.0 Å². The zero-order chi connectivity index (χ0) is 15.5. The first-order valence-electron chi connectivity index (χ1n) is 7.07. The largest absolute Gasteiger partial charge is 0.495 e. The van der Waals surface area contributed by atoms with Crippen LogP contribution in [0, 0.1) is 0 Å². The third kappa shape index (κ3) is 3.30. The van der Waals surface area contributed by atoms with Crippen LogP contribution in [0.25, 0.3) is 0 Å². The third-order valence-corrected chi connectivity index (χ3v) is 5.79. The van der Waals surface area contributed by atoms with Crippen LogP contribution in [-0.2, 0) is 10.0 Å². The van der Waals surface area contributed by atoms with Crippen LogP contribution in [0.4, 0.5) is 5.69 Å². The van der Waals surface area contributed by atoms with Gasteiger partial charge in [-0.25, -0.2) is 8.42 Å². The van der Waals surface area contributed by atoms with Crippen molar-refractivity contribution in [3.8, 4) is 5.75 Å². The number of rotatable bonds is 5. The minimum Gasteiger partial charge on any atom is -0.495 e. The number of hydrogen-bond acceptors (Lipinski definition) is 5. The predicted molar refractivity (Wildman–Crippen MR) is 80.6 cm³/mol. The molecule has 1 aromatic rings. The van der Waals surface area contributed by atoms with Crippen molar-refractivity contribution in [3.05, 3.63) is 18.2 Å². The first-order valence-corrected chi connectivity index (χ1v) is 8.51. The molecule has 1 saturated heterocycles. The van der Waals surface area contributed by atoms with E-state index in [1.807, 2.05) is 0 Å². The number of ether oxygens (including phenoxy) is 1. The van der Waals surface area contributed by atoms with Gasteiger partial charge >= 0.3 is 0 Å². The van der Waals surface area contributed by atoms with Crippen molar-refractivity contribution < 1.29 is 18.3 Å². The smallest absolute Gasteiger partial charge is 0.243 e. The van der Waals surface area contributed by atoms with Crippen molar-refractivity contribution in [3.63, 3.8) is 0 Å². The maximum Gasteiger partial charge on any atom is 0.243 e. The molecule has 0 aliphatic carbocycles. The van der Waals surface area contributed by atoms with E-state index in [2.05, 4.69) is 0 Å². The van der Waals surface area contributed by atoms with Gasteiger partial charge < -0.3 is 15.6 Å². The lowest BCUT2D eigenvalue weighted by atomic mass is 10.0. The molecule has 0 spiro atoms. The molecule has 0 bridgehead atoms. The van der Waals surface area contributed by atoms with Gasteiger partial charge in [0.25, 0.3) is 0 Å². The minimum atomic E-state index is -3.60. The second-order valence-corrected chi connectivity index (χ2v) is 7.07. The van der Waals surface area contributed by atoms with E-state index in [-0.39, 0.29) is 17.5 Å². The van der Waals surface area contributed by atoms with Gasteiger partial charge in [0.2, 0.25) is 10.0 Å². The molecule has 7 heteroatoms. The highest BCUT2D eigenvalue weighted by Crippen LogP contribution is 2.30. The van der Waals surface area contributed by atoms with E-state index in [4.69, 9.17) is 15.6 Å². The summed E-state index contributed by atoms with van der Waals surface area (Å²) in [6.45, 7) is 0.474. The molecule has 1 heterocycles. The zero-order valence-corrected chi connectivity index (χ0v) is 13.0. The van der Waals surface area contributed by atoms with Crippen LogP contribution in [-0.4, -0.2) is 44.1 Å². The Kier molecular flexibility index (Phi) is 5.08. The standard InChI is InChI=1S/C14H22N2O4S/c1-20-14-10-12(5-6-13(14)15)21(18,19)16-8-3-2-4-11(16)7-9-17/h5-6,10-11,17H,2-4,7-9,15H2,1H3. The fraction of sp³-hybridized carbons (Fsp3) is 0.571. The topological polar surface area (TPSA) is 92.9 Å². The molecule has 0 radical (unpaired) electrons. The Balaban J connectivity index is 2.35. The molecule has 1 aliphatic heterocycles. The second-order valence-electron chi connectivity index (χ2n) is 5.18. The monoisotopic (exact) mass is 314 g/mol. The number of nitrogens with two attached hydrogens (primary N) is 1. The molecule has 21 heavy (non-hydrogen) atoms. The van der Waals surface area contributed by atoms with Gasteiger partial charge in [-0.05, 0) is 31.4 Å². The molecular formula is C14H22N2O4S. The van der Waals surface area contributed by atoms with Crippen LogP contribution in [0.2, 0.25) is 0 Å². The van der Waals surface area contributed by atoms with E-state index in [0.29, 0.717) is 24.4 Å². The highest BCUT2D eigenvalue weighted by molar-refractivity contribution is 7.89. The number of benzene rings is 1. The first-order chi connectivity index (χ1) is 10.0. The molecule has 0 aromatic heterocycles. The van der Waals surface area contributed by atoms with Crippen LogP contribution in [0.3, 0.4) is 0 Å². The zero-order valence-electron chi connectivity index (χ0n) is 12.2. The van der Waals surface area contributed by atoms with E-state index in [9.17, 15) is 8.42 Å². The Morgan fingerprint density at radius 1 is 1.43 bits per heavy atom. The highest BCUT2D eigenvalue weighted by Gasteiger charge is 2.33. The molecule has 2 rings (SSSR count). The molecule has 118 valence electrons. The summed E-state index contributed by atoms with van der Waals surface area (Å²) < 4.78 is 32.2. The lowest BCUT2D eigenvalue weighted by Crippen LogP contribution is -2.44. The Morgan fingerprint density at radius 2 is 2.19 bits per heavy atom. The number of anilines is 1. The van der Waals surface area contributed by atoms with Gasteiger partial charge in [0, 0.05) is 25.3 Å². The number of sulfonamides is 1. The summed E-state index contributed by atoms with van der Waals surface area (Å²) >= 11 is 0. The lowest BCUT2D eigenvalue weighted by Gasteiger charge is -2.34. The maximum absolute atomic E-state index is 12.8. The van der Waals surface area contributed by atoms with Crippen molar-refractivity contribution in [1.82, 2.24) is 4.31 Å². The van der Waals surface area contributed by atoms with Gasteiger partial charge in [-0.3, -0.25) is 0 Å². The number of nitrogen functional groups attached to an aromatic ring is 1. The Hall–Kier alpha value is -1.31. The quantitative estimate of drug-likeness (QED) is 0.797. The van der Waals surface area contributed by atoms with E-state index in [1.165, 1.54) is 29.6 Å². The molecule has 0 amide bonds. The van der Waals surface area contributed by atoms with Gasteiger partial charge in [0.05, 0.1) is 17.7 Å². The number of aliphatic hydroxyl groups is 1. The fourth-order valence-corrected chi connectivity index (χ4v) is 4.45. The van der Waals surface area contributed by atoms with Crippen molar-refractivity contribution in [2.24, 2.45) is 0 Å². The summed E-state index contributed by atoms with van der Waals surface area (Å²) in [6, 6.07) is 4.35. The van der Waals surface area contributed by atoms with Gasteiger partial charge in [-0.1, -0.05) is 6.42 Å². The Bertz CT molecular complexity index is 587. The molecule has 1 fully saturated rings. The molecule has 6 nitrogen and oxygen atoms in total.